The van der Waals surface area contributed by atoms with Crippen LogP contribution in [0, 0.1) is 5.82 Å². The van der Waals surface area contributed by atoms with Crippen LogP contribution in [0.15, 0.2) is 41.3 Å². The lowest BCUT2D eigenvalue weighted by Crippen LogP contribution is -2.14. The molecule has 0 aliphatic carbocycles. The molecule has 7 heteroatoms. The Morgan fingerprint density at radius 1 is 1.33 bits per heavy atom. The zero-order valence-corrected chi connectivity index (χ0v) is 14.2. The van der Waals surface area contributed by atoms with Crippen molar-refractivity contribution < 1.29 is 22.3 Å². The molecule has 0 saturated heterocycles. The highest BCUT2D eigenvalue weighted by Crippen LogP contribution is 2.38. The number of anilines is 1. The third-order valence-corrected chi connectivity index (χ3v) is 5.01. The second-order valence-electron chi connectivity index (χ2n) is 5.58. The highest BCUT2D eigenvalue weighted by molar-refractivity contribution is 7.92. The molecule has 0 spiro atoms. The Bertz CT molecular complexity index is 867. The summed E-state index contributed by atoms with van der Waals surface area (Å²) in [6.07, 6.45) is 0.774. The van der Waals surface area contributed by atoms with Gasteiger partial charge in [-0.15, -0.1) is 0 Å². The van der Waals surface area contributed by atoms with Gasteiger partial charge in [0.1, 0.15) is 23.4 Å². The zero-order valence-electron chi connectivity index (χ0n) is 13.4. The minimum atomic E-state index is -3.93. The number of halogens is 1. The van der Waals surface area contributed by atoms with E-state index in [0.717, 1.165) is 18.1 Å². The third kappa shape index (κ3) is 3.31. The summed E-state index contributed by atoms with van der Waals surface area (Å²) in [6, 6.07) is 8.23. The molecular weight excluding hydrogens is 333 g/mol. The van der Waals surface area contributed by atoms with E-state index in [1.54, 1.807) is 12.1 Å². The van der Waals surface area contributed by atoms with Crippen LogP contribution >= 0.6 is 0 Å². The average molecular weight is 351 g/mol. The maximum absolute atomic E-state index is 13.3. The van der Waals surface area contributed by atoms with Crippen LogP contribution in [0.4, 0.5) is 10.1 Å². The molecule has 3 rings (SSSR count). The van der Waals surface area contributed by atoms with Crippen LogP contribution in [0.2, 0.25) is 0 Å². The molecule has 1 heterocycles. The molecule has 24 heavy (non-hydrogen) atoms. The van der Waals surface area contributed by atoms with E-state index in [4.69, 9.17) is 9.47 Å². The smallest absolute Gasteiger partial charge is 0.262 e. The van der Waals surface area contributed by atoms with Crippen molar-refractivity contribution in [2.24, 2.45) is 0 Å². The zero-order chi connectivity index (χ0) is 17.3. The van der Waals surface area contributed by atoms with Crippen molar-refractivity contribution in [3.63, 3.8) is 0 Å². The van der Waals surface area contributed by atoms with Gasteiger partial charge in [-0.25, -0.2) is 12.8 Å². The fourth-order valence-corrected chi connectivity index (χ4v) is 3.72. The molecule has 2 aromatic carbocycles. The molecule has 0 amide bonds. The summed E-state index contributed by atoms with van der Waals surface area (Å²) in [7, 11) is -3.93. The number of rotatable bonds is 5. The highest BCUT2D eigenvalue weighted by Gasteiger charge is 2.24. The highest BCUT2D eigenvalue weighted by atomic mass is 32.2. The minimum Gasteiger partial charge on any atom is -0.492 e. The molecule has 2 aromatic rings. The van der Waals surface area contributed by atoms with E-state index < -0.39 is 15.8 Å². The minimum absolute atomic E-state index is 0.0320. The summed E-state index contributed by atoms with van der Waals surface area (Å²) in [5.74, 6) is 0.436. The Labute approximate surface area is 140 Å². The van der Waals surface area contributed by atoms with Crippen molar-refractivity contribution in [1.29, 1.82) is 0 Å². The van der Waals surface area contributed by atoms with Crippen molar-refractivity contribution in [3.8, 4) is 11.5 Å². The molecule has 0 radical (unpaired) electrons. The number of sulfonamides is 1. The standard InChI is InChI=1S/C17H18FNO4S/c1-3-22-17-8-12-7-11(2)23-16(12)10-15(17)19-24(20,21)14-6-4-5-13(18)9-14/h4-6,8-11,19H,3,7H2,1-2H3/t11-/m0/s1. The van der Waals surface area contributed by atoms with Gasteiger partial charge in [-0.2, -0.15) is 0 Å². The van der Waals surface area contributed by atoms with Crippen molar-refractivity contribution in [2.45, 2.75) is 31.3 Å². The fourth-order valence-electron chi connectivity index (χ4n) is 2.63. The Hall–Kier alpha value is -2.28. The van der Waals surface area contributed by atoms with E-state index in [2.05, 4.69) is 4.72 Å². The van der Waals surface area contributed by atoms with Crippen LogP contribution < -0.4 is 14.2 Å². The van der Waals surface area contributed by atoms with Crippen LogP contribution in [0.25, 0.3) is 0 Å². The summed E-state index contributed by atoms with van der Waals surface area (Å²) in [5, 5.41) is 0. The summed E-state index contributed by atoms with van der Waals surface area (Å²) in [5.41, 5.74) is 1.24. The van der Waals surface area contributed by atoms with Gasteiger partial charge in [0.2, 0.25) is 0 Å². The fraction of sp³-hybridized carbons (Fsp3) is 0.294. The molecule has 1 N–H and O–H groups in total. The number of fused-ring (bicyclic) bond motifs is 1. The van der Waals surface area contributed by atoms with Gasteiger partial charge in [-0.3, -0.25) is 4.72 Å². The lowest BCUT2D eigenvalue weighted by atomic mass is 10.1. The molecule has 1 aliphatic heterocycles. The molecule has 0 saturated carbocycles. The number of nitrogens with one attached hydrogen (secondary N) is 1. The van der Waals surface area contributed by atoms with Gasteiger partial charge >= 0.3 is 0 Å². The molecule has 5 nitrogen and oxygen atoms in total. The SMILES string of the molecule is CCOc1cc2c(cc1NS(=O)(=O)c1cccc(F)c1)O[C@@H](C)C2. The van der Waals surface area contributed by atoms with E-state index in [9.17, 15) is 12.8 Å². The normalized spacial score (nSPS) is 16.4. The summed E-state index contributed by atoms with van der Waals surface area (Å²) < 4.78 is 52.0. The third-order valence-electron chi connectivity index (χ3n) is 3.65. The number of benzene rings is 2. The van der Waals surface area contributed by atoms with Crippen LogP contribution in [0.1, 0.15) is 19.4 Å². The van der Waals surface area contributed by atoms with Gasteiger partial charge in [0, 0.05) is 18.1 Å². The first-order valence-corrected chi connectivity index (χ1v) is 9.12. The van der Waals surface area contributed by atoms with Gasteiger partial charge in [0.05, 0.1) is 17.2 Å². The maximum atomic E-state index is 13.3. The Balaban J connectivity index is 1.98. The topological polar surface area (TPSA) is 64.6 Å². The van der Waals surface area contributed by atoms with Crippen LogP contribution in [-0.2, 0) is 16.4 Å². The van der Waals surface area contributed by atoms with Gasteiger partial charge in [0.15, 0.2) is 0 Å². The van der Waals surface area contributed by atoms with E-state index in [-0.39, 0.29) is 16.7 Å². The molecule has 1 atom stereocenters. The van der Waals surface area contributed by atoms with Crippen molar-refractivity contribution >= 4 is 15.7 Å². The molecular formula is C17H18FNO4S. The lowest BCUT2D eigenvalue weighted by Gasteiger charge is -2.14. The van der Waals surface area contributed by atoms with Crippen molar-refractivity contribution in [3.05, 3.63) is 47.8 Å². The van der Waals surface area contributed by atoms with E-state index in [0.29, 0.717) is 18.1 Å². The predicted molar refractivity (Wildman–Crippen MR) is 88.6 cm³/mol. The Kier molecular flexibility index (Phi) is 4.36. The van der Waals surface area contributed by atoms with Gasteiger partial charge in [0.25, 0.3) is 10.0 Å². The van der Waals surface area contributed by atoms with Crippen LogP contribution in [0.3, 0.4) is 0 Å². The van der Waals surface area contributed by atoms with Crippen LogP contribution in [0.5, 0.6) is 11.5 Å². The van der Waals surface area contributed by atoms with Crippen LogP contribution in [-0.4, -0.2) is 21.1 Å². The second-order valence-corrected chi connectivity index (χ2v) is 7.27. The maximum Gasteiger partial charge on any atom is 0.262 e. The predicted octanol–water partition coefficient (Wildman–Crippen LogP) is 3.35. The van der Waals surface area contributed by atoms with Crippen molar-refractivity contribution in [1.82, 2.24) is 0 Å². The first-order valence-electron chi connectivity index (χ1n) is 7.64. The first kappa shape index (κ1) is 16.6. The lowest BCUT2D eigenvalue weighted by molar-refractivity contribution is 0.254. The number of hydrogen-bond donors (Lipinski definition) is 1. The molecule has 0 unspecified atom stereocenters. The molecule has 0 fully saturated rings. The monoisotopic (exact) mass is 351 g/mol. The largest absolute Gasteiger partial charge is 0.492 e. The van der Waals surface area contributed by atoms with Gasteiger partial charge in [-0.1, -0.05) is 6.07 Å². The van der Waals surface area contributed by atoms with E-state index >= 15 is 0 Å². The molecule has 0 aromatic heterocycles. The van der Waals surface area contributed by atoms with Crippen molar-refractivity contribution in [2.75, 3.05) is 11.3 Å². The molecule has 0 bridgehead atoms. The quantitative estimate of drug-likeness (QED) is 0.897. The summed E-state index contributed by atoms with van der Waals surface area (Å²) in [6.45, 7) is 4.15. The van der Waals surface area contributed by atoms with Gasteiger partial charge < -0.3 is 9.47 Å². The Morgan fingerprint density at radius 3 is 2.83 bits per heavy atom. The molecule has 1 aliphatic rings. The number of ether oxygens (including phenoxy) is 2. The average Bonchev–Trinajstić information content (AvgIpc) is 2.86. The second kappa shape index (κ2) is 6.32. The summed E-state index contributed by atoms with van der Waals surface area (Å²) >= 11 is 0. The molecule has 128 valence electrons. The van der Waals surface area contributed by atoms with E-state index in [1.165, 1.54) is 18.2 Å². The summed E-state index contributed by atoms with van der Waals surface area (Å²) in [4.78, 5) is -0.153. The van der Waals surface area contributed by atoms with E-state index in [1.807, 2.05) is 13.8 Å². The van der Waals surface area contributed by atoms with Gasteiger partial charge in [-0.05, 0) is 38.1 Å². The number of hydrogen-bond acceptors (Lipinski definition) is 4. The Morgan fingerprint density at radius 2 is 2.12 bits per heavy atom. The first-order chi connectivity index (χ1) is 11.4.